The number of anilines is 1. The van der Waals surface area contributed by atoms with Crippen LogP contribution in [-0.2, 0) is 23.3 Å². The van der Waals surface area contributed by atoms with Crippen molar-refractivity contribution < 1.29 is 12.9 Å². The standard InChI is InChI=1S/C13H13N5O3S/c1-6-11-10(17-21-6)8-7(3-4-22(11,19)20)18(2)13-9(8)12(14)15-5-16-13/h5H,3-4H2,1-2H3,(H2,14,15,16). The molecule has 0 radical (unpaired) electrons. The van der Waals surface area contributed by atoms with Crippen molar-refractivity contribution >= 4 is 26.7 Å². The summed E-state index contributed by atoms with van der Waals surface area (Å²) in [6.07, 6.45) is 1.75. The van der Waals surface area contributed by atoms with Crippen molar-refractivity contribution in [2.45, 2.75) is 18.2 Å². The number of nitrogen functional groups attached to an aromatic ring is 1. The highest BCUT2D eigenvalue weighted by Crippen LogP contribution is 2.42. The van der Waals surface area contributed by atoms with E-state index in [2.05, 4.69) is 15.1 Å². The second-order valence-electron chi connectivity index (χ2n) is 5.32. The molecule has 0 aromatic carbocycles. The second-order valence-corrected chi connectivity index (χ2v) is 7.37. The number of fused-ring (bicyclic) bond motifs is 5. The molecule has 1 aliphatic rings. The van der Waals surface area contributed by atoms with E-state index in [1.807, 2.05) is 11.6 Å². The number of rotatable bonds is 0. The molecule has 114 valence electrons. The minimum atomic E-state index is -3.45. The molecule has 22 heavy (non-hydrogen) atoms. The van der Waals surface area contributed by atoms with Crippen LogP contribution in [-0.4, -0.2) is 33.9 Å². The van der Waals surface area contributed by atoms with Gasteiger partial charge in [-0.05, 0) is 6.92 Å². The van der Waals surface area contributed by atoms with Crippen LogP contribution in [0.2, 0.25) is 0 Å². The van der Waals surface area contributed by atoms with Crippen LogP contribution in [0.15, 0.2) is 15.7 Å². The number of sulfone groups is 1. The second kappa shape index (κ2) is 4.07. The van der Waals surface area contributed by atoms with Crippen molar-refractivity contribution in [2.75, 3.05) is 11.5 Å². The fraction of sp³-hybridized carbons (Fsp3) is 0.308. The average Bonchev–Trinajstić information content (AvgIpc) is 2.93. The van der Waals surface area contributed by atoms with Crippen LogP contribution < -0.4 is 5.73 Å². The van der Waals surface area contributed by atoms with Gasteiger partial charge in [0.05, 0.1) is 11.1 Å². The van der Waals surface area contributed by atoms with Gasteiger partial charge in [0.1, 0.15) is 28.4 Å². The minimum Gasteiger partial charge on any atom is -0.383 e. The summed E-state index contributed by atoms with van der Waals surface area (Å²) in [4.78, 5) is 8.42. The maximum absolute atomic E-state index is 12.5. The van der Waals surface area contributed by atoms with Gasteiger partial charge >= 0.3 is 0 Å². The van der Waals surface area contributed by atoms with Gasteiger partial charge in [-0.3, -0.25) is 0 Å². The van der Waals surface area contributed by atoms with Crippen molar-refractivity contribution in [3.63, 3.8) is 0 Å². The third kappa shape index (κ3) is 1.51. The first-order valence-electron chi connectivity index (χ1n) is 6.69. The van der Waals surface area contributed by atoms with Crippen LogP contribution >= 0.6 is 0 Å². The molecule has 3 aromatic heterocycles. The summed E-state index contributed by atoms with van der Waals surface area (Å²) in [6, 6.07) is 0. The quantitative estimate of drug-likeness (QED) is 0.652. The zero-order valence-electron chi connectivity index (χ0n) is 12.0. The van der Waals surface area contributed by atoms with Crippen molar-refractivity contribution in [2.24, 2.45) is 7.05 Å². The van der Waals surface area contributed by atoms with Crippen molar-refractivity contribution in [3.8, 4) is 11.3 Å². The zero-order valence-corrected chi connectivity index (χ0v) is 12.8. The van der Waals surface area contributed by atoms with E-state index in [0.29, 0.717) is 34.5 Å². The van der Waals surface area contributed by atoms with E-state index in [4.69, 9.17) is 10.3 Å². The first kappa shape index (κ1) is 13.3. The number of hydrogen-bond acceptors (Lipinski definition) is 7. The Morgan fingerprint density at radius 3 is 2.91 bits per heavy atom. The third-order valence-corrected chi connectivity index (χ3v) is 5.93. The third-order valence-electron chi connectivity index (χ3n) is 4.08. The molecule has 2 N–H and O–H groups in total. The lowest BCUT2D eigenvalue weighted by Crippen LogP contribution is -2.09. The van der Waals surface area contributed by atoms with Crippen LogP contribution in [0.4, 0.5) is 5.82 Å². The Hall–Kier alpha value is -2.42. The van der Waals surface area contributed by atoms with Gasteiger partial charge in [-0.2, -0.15) is 0 Å². The Balaban J connectivity index is 2.24. The molecule has 3 aromatic rings. The largest absolute Gasteiger partial charge is 0.383 e. The zero-order chi connectivity index (χ0) is 15.6. The van der Waals surface area contributed by atoms with E-state index in [9.17, 15) is 8.42 Å². The molecule has 0 fully saturated rings. The van der Waals surface area contributed by atoms with Crippen LogP contribution in [0, 0.1) is 6.92 Å². The average molecular weight is 319 g/mol. The molecule has 4 heterocycles. The molecule has 4 rings (SSSR count). The Kier molecular flexibility index (Phi) is 2.45. The Labute approximate surface area is 125 Å². The molecule has 0 amide bonds. The summed E-state index contributed by atoms with van der Waals surface area (Å²) in [5.41, 5.74) is 8.44. The summed E-state index contributed by atoms with van der Waals surface area (Å²) in [7, 11) is -1.62. The molecule has 0 saturated carbocycles. The van der Waals surface area contributed by atoms with Crippen molar-refractivity contribution in [3.05, 3.63) is 17.8 Å². The fourth-order valence-electron chi connectivity index (χ4n) is 3.09. The van der Waals surface area contributed by atoms with Crippen LogP contribution in [0.3, 0.4) is 0 Å². The Bertz CT molecular complexity index is 1030. The normalized spacial score (nSPS) is 16.3. The summed E-state index contributed by atoms with van der Waals surface area (Å²) in [6.45, 7) is 1.60. The number of nitrogens with two attached hydrogens (primary N) is 1. The SMILES string of the molecule is Cc1onc2c1S(=O)(=O)CCc1c-2c2c(N)ncnc2n1C. The van der Waals surface area contributed by atoms with Gasteiger partial charge in [0.25, 0.3) is 0 Å². The number of aromatic nitrogens is 4. The fourth-order valence-corrected chi connectivity index (χ4v) is 4.67. The van der Waals surface area contributed by atoms with E-state index >= 15 is 0 Å². The molecule has 0 saturated heterocycles. The summed E-state index contributed by atoms with van der Waals surface area (Å²) in [5.74, 6) is 0.579. The highest BCUT2D eigenvalue weighted by molar-refractivity contribution is 7.91. The molecule has 0 bridgehead atoms. The van der Waals surface area contributed by atoms with Crippen LogP contribution in [0.5, 0.6) is 0 Å². The van der Waals surface area contributed by atoms with Gasteiger partial charge in [0.15, 0.2) is 15.6 Å². The Morgan fingerprint density at radius 1 is 1.36 bits per heavy atom. The lowest BCUT2D eigenvalue weighted by atomic mass is 10.1. The van der Waals surface area contributed by atoms with Crippen molar-refractivity contribution in [1.29, 1.82) is 0 Å². The van der Waals surface area contributed by atoms with Gasteiger partial charge in [-0.15, -0.1) is 0 Å². The van der Waals surface area contributed by atoms with Gasteiger partial charge < -0.3 is 14.8 Å². The summed E-state index contributed by atoms with van der Waals surface area (Å²) in [5, 5.41) is 4.60. The topological polar surface area (TPSA) is 117 Å². The molecular formula is C13H13N5O3S. The predicted molar refractivity (Wildman–Crippen MR) is 78.9 cm³/mol. The van der Waals surface area contributed by atoms with Crippen LogP contribution in [0.1, 0.15) is 11.5 Å². The van der Waals surface area contributed by atoms with Gasteiger partial charge in [-0.1, -0.05) is 5.16 Å². The number of nitrogens with zero attached hydrogens (tertiary/aromatic N) is 4. The lowest BCUT2D eigenvalue weighted by Gasteiger charge is -2.02. The smallest absolute Gasteiger partial charge is 0.184 e. The molecular weight excluding hydrogens is 306 g/mol. The molecule has 9 heteroatoms. The van der Waals surface area contributed by atoms with Crippen molar-refractivity contribution in [1.82, 2.24) is 19.7 Å². The van der Waals surface area contributed by atoms with E-state index in [0.717, 1.165) is 5.69 Å². The van der Waals surface area contributed by atoms with Gasteiger partial charge in [-0.25, -0.2) is 18.4 Å². The maximum atomic E-state index is 12.5. The maximum Gasteiger partial charge on any atom is 0.184 e. The molecule has 0 atom stereocenters. The van der Waals surface area contributed by atoms with E-state index < -0.39 is 9.84 Å². The molecule has 8 nitrogen and oxygen atoms in total. The molecule has 0 spiro atoms. The summed E-state index contributed by atoms with van der Waals surface area (Å²) < 4.78 is 32.0. The minimum absolute atomic E-state index is 0.00739. The first-order valence-corrected chi connectivity index (χ1v) is 8.34. The number of aryl methyl sites for hydroxylation is 2. The van der Waals surface area contributed by atoms with Gasteiger partial charge in [0.2, 0.25) is 0 Å². The van der Waals surface area contributed by atoms with E-state index in [1.54, 1.807) is 6.92 Å². The van der Waals surface area contributed by atoms with E-state index in [-0.39, 0.29) is 16.4 Å². The first-order chi connectivity index (χ1) is 10.4. The molecule has 0 aliphatic carbocycles. The highest BCUT2D eigenvalue weighted by atomic mass is 32.2. The lowest BCUT2D eigenvalue weighted by molar-refractivity contribution is 0.396. The van der Waals surface area contributed by atoms with E-state index in [1.165, 1.54) is 6.33 Å². The molecule has 1 aliphatic heterocycles. The number of hydrogen-bond donors (Lipinski definition) is 1. The monoisotopic (exact) mass is 319 g/mol. The van der Waals surface area contributed by atoms with Crippen LogP contribution in [0.25, 0.3) is 22.3 Å². The molecule has 0 unspecified atom stereocenters. The predicted octanol–water partition coefficient (Wildman–Crippen LogP) is 0.844. The van der Waals surface area contributed by atoms with Gasteiger partial charge in [0, 0.05) is 24.7 Å². The Morgan fingerprint density at radius 2 is 2.14 bits per heavy atom. The highest BCUT2D eigenvalue weighted by Gasteiger charge is 2.35. The summed E-state index contributed by atoms with van der Waals surface area (Å²) >= 11 is 0.